The van der Waals surface area contributed by atoms with Gasteiger partial charge in [0.15, 0.2) is 5.78 Å². The Balaban J connectivity index is 1.71. The Morgan fingerprint density at radius 1 is 1.14 bits per heavy atom. The number of anilines is 1. The van der Waals surface area contributed by atoms with Gasteiger partial charge in [-0.3, -0.25) is 14.5 Å². The standard InChI is InChI=1S/C22H26N2O4/c1-15(25)16-6-4-7-17(12-16)23-22(26)14-24-11-5-8-20(24)19-10-9-18(27-2)13-21(19)28-3/h4,6-7,9-10,12-13,20H,5,8,11,14H2,1-3H3,(H,23,26)/t20-/m1/s1. The maximum absolute atomic E-state index is 12.6. The second kappa shape index (κ2) is 8.89. The lowest BCUT2D eigenvalue weighted by molar-refractivity contribution is -0.117. The van der Waals surface area contributed by atoms with Gasteiger partial charge in [0.2, 0.25) is 5.91 Å². The molecule has 1 fully saturated rings. The number of nitrogens with zero attached hydrogens (tertiary/aromatic N) is 1. The van der Waals surface area contributed by atoms with Crippen molar-refractivity contribution in [2.45, 2.75) is 25.8 Å². The minimum absolute atomic E-state index is 0.0256. The summed E-state index contributed by atoms with van der Waals surface area (Å²) in [6.07, 6.45) is 1.99. The van der Waals surface area contributed by atoms with Crippen molar-refractivity contribution in [1.29, 1.82) is 0 Å². The van der Waals surface area contributed by atoms with E-state index in [1.807, 2.05) is 18.2 Å². The molecule has 1 aliphatic rings. The molecule has 2 aromatic rings. The zero-order valence-corrected chi connectivity index (χ0v) is 16.5. The Morgan fingerprint density at radius 2 is 1.96 bits per heavy atom. The monoisotopic (exact) mass is 382 g/mol. The zero-order chi connectivity index (χ0) is 20.1. The van der Waals surface area contributed by atoms with Gasteiger partial charge in [-0.1, -0.05) is 18.2 Å². The second-order valence-electron chi connectivity index (χ2n) is 6.92. The molecule has 1 aliphatic heterocycles. The first-order chi connectivity index (χ1) is 13.5. The average molecular weight is 382 g/mol. The van der Waals surface area contributed by atoms with Crippen LogP contribution in [0.15, 0.2) is 42.5 Å². The number of Topliss-reactive ketones (excluding diaryl/α,β-unsaturated/α-hetero) is 1. The quantitative estimate of drug-likeness (QED) is 0.740. The fourth-order valence-electron chi connectivity index (χ4n) is 3.66. The molecule has 6 heteroatoms. The van der Waals surface area contributed by atoms with E-state index in [0.29, 0.717) is 11.3 Å². The normalized spacial score (nSPS) is 16.6. The Hall–Kier alpha value is -2.86. The highest BCUT2D eigenvalue weighted by molar-refractivity contribution is 5.97. The molecule has 0 unspecified atom stereocenters. The van der Waals surface area contributed by atoms with Gasteiger partial charge in [-0.05, 0) is 44.5 Å². The summed E-state index contributed by atoms with van der Waals surface area (Å²) in [5.41, 5.74) is 2.28. The third-order valence-electron chi connectivity index (χ3n) is 5.06. The molecule has 0 spiro atoms. The minimum Gasteiger partial charge on any atom is -0.497 e. The lowest BCUT2D eigenvalue weighted by Gasteiger charge is -2.26. The summed E-state index contributed by atoms with van der Waals surface area (Å²) in [7, 11) is 3.27. The molecule has 6 nitrogen and oxygen atoms in total. The van der Waals surface area contributed by atoms with E-state index in [-0.39, 0.29) is 24.3 Å². The number of carbonyl (C=O) groups excluding carboxylic acids is 2. The number of hydrogen-bond acceptors (Lipinski definition) is 5. The van der Waals surface area contributed by atoms with E-state index in [2.05, 4.69) is 10.2 Å². The van der Waals surface area contributed by atoms with Gasteiger partial charge >= 0.3 is 0 Å². The molecular formula is C22H26N2O4. The number of ketones is 1. The van der Waals surface area contributed by atoms with Crippen LogP contribution in [0.3, 0.4) is 0 Å². The molecule has 0 aliphatic carbocycles. The van der Waals surface area contributed by atoms with E-state index in [1.54, 1.807) is 38.5 Å². The van der Waals surface area contributed by atoms with Gasteiger partial charge in [0.25, 0.3) is 0 Å². The van der Waals surface area contributed by atoms with Crippen LogP contribution in [-0.2, 0) is 4.79 Å². The molecule has 0 bridgehead atoms. The third-order valence-corrected chi connectivity index (χ3v) is 5.06. The number of carbonyl (C=O) groups is 2. The molecule has 1 N–H and O–H groups in total. The van der Waals surface area contributed by atoms with Crippen LogP contribution in [0.1, 0.15) is 41.7 Å². The summed E-state index contributed by atoms with van der Waals surface area (Å²) < 4.78 is 10.8. The SMILES string of the molecule is COc1ccc([C@H]2CCCN2CC(=O)Nc2cccc(C(C)=O)c2)c(OC)c1. The maximum Gasteiger partial charge on any atom is 0.238 e. The molecule has 0 radical (unpaired) electrons. The Kier molecular flexibility index (Phi) is 6.31. The fourth-order valence-corrected chi connectivity index (χ4v) is 3.66. The number of likely N-dealkylation sites (tertiary alicyclic amines) is 1. The van der Waals surface area contributed by atoms with E-state index >= 15 is 0 Å². The van der Waals surface area contributed by atoms with Crippen molar-refractivity contribution in [3.63, 3.8) is 0 Å². The second-order valence-corrected chi connectivity index (χ2v) is 6.92. The highest BCUT2D eigenvalue weighted by Gasteiger charge is 2.29. The summed E-state index contributed by atoms with van der Waals surface area (Å²) >= 11 is 0. The van der Waals surface area contributed by atoms with E-state index in [0.717, 1.165) is 36.4 Å². The number of amides is 1. The van der Waals surface area contributed by atoms with E-state index in [1.165, 1.54) is 6.92 Å². The van der Waals surface area contributed by atoms with Gasteiger partial charge in [-0.25, -0.2) is 0 Å². The molecule has 2 aromatic carbocycles. The number of benzene rings is 2. The van der Waals surface area contributed by atoms with E-state index < -0.39 is 0 Å². The first kappa shape index (κ1) is 19.9. The van der Waals surface area contributed by atoms with Crippen LogP contribution >= 0.6 is 0 Å². The summed E-state index contributed by atoms with van der Waals surface area (Å²) in [5.74, 6) is 1.39. The van der Waals surface area contributed by atoms with Crippen molar-refractivity contribution in [3.05, 3.63) is 53.6 Å². The predicted molar refractivity (Wildman–Crippen MR) is 108 cm³/mol. The summed E-state index contributed by atoms with van der Waals surface area (Å²) in [4.78, 5) is 26.3. The molecule has 1 saturated heterocycles. The van der Waals surface area contributed by atoms with Gasteiger partial charge in [0.05, 0.1) is 20.8 Å². The number of ether oxygens (including phenoxy) is 2. The van der Waals surface area contributed by atoms with Gasteiger partial charge in [-0.2, -0.15) is 0 Å². The van der Waals surface area contributed by atoms with Crippen LogP contribution in [0, 0.1) is 0 Å². The Labute approximate surface area is 165 Å². The van der Waals surface area contributed by atoms with Crippen molar-refractivity contribution in [2.24, 2.45) is 0 Å². The average Bonchev–Trinajstić information content (AvgIpc) is 3.15. The molecule has 1 amide bonds. The van der Waals surface area contributed by atoms with Gasteiger partial charge < -0.3 is 14.8 Å². The zero-order valence-electron chi connectivity index (χ0n) is 16.5. The molecule has 0 aromatic heterocycles. The number of methoxy groups -OCH3 is 2. The first-order valence-corrected chi connectivity index (χ1v) is 9.38. The van der Waals surface area contributed by atoms with Crippen molar-refractivity contribution in [1.82, 2.24) is 4.90 Å². The Bertz CT molecular complexity index is 865. The van der Waals surface area contributed by atoms with Crippen molar-refractivity contribution in [2.75, 3.05) is 32.6 Å². The van der Waals surface area contributed by atoms with Gasteiger partial charge in [-0.15, -0.1) is 0 Å². The molecular weight excluding hydrogens is 356 g/mol. The van der Waals surface area contributed by atoms with Crippen LogP contribution in [0.4, 0.5) is 5.69 Å². The van der Waals surface area contributed by atoms with Crippen molar-refractivity contribution in [3.8, 4) is 11.5 Å². The fraction of sp³-hybridized carbons (Fsp3) is 0.364. The first-order valence-electron chi connectivity index (χ1n) is 9.38. The number of rotatable bonds is 7. The molecule has 148 valence electrons. The van der Waals surface area contributed by atoms with Crippen LogP contribution in [0.5, 0.6) is 11.5 Å². The molecule has 28 heavy (non-hydrogen) atoms. The lowest BCUT2D eigenvalue weighted by Crippen LogP contribution is -2.33. The number of nitrogens with one attached hydrogen (secondary N) is 1. The molecule has 3 rings (SSSR count). The van der Waals surface area contributed by atoms with Gasteiger partial charge in [0, 0.05) is 28.9 Å². The van der Waals surface area contributed by atoms with Crippen LogP contribution in [-0.4, -0.2) is 43.9 Å². The smallest absolute Gasteiger partial charge is 0.238 e. The van der Waals surface area contributed by atoms with Crippen molar-refractivity contribution < 1.29 is 19.1 Å². The molecule has 0 saturated carbocycles. The summed E-state index contributed by atoms with van der Waals surface area (Å²) in [6, 6.07) is 12.9. The van der Waals surface area contributed by atoms with E-state index in [4.69, 9.17) is 9.47 Å². The molecule has 1 heterocycles. The highest BCUT2D eigenvalue weighted by atomic mass is 16.5. The van der Waals surface area contributed by atoms with Crippen LogP contribution < -0.4 is 14.8 Å². The van der Waals surface area contributed by atoms with E-state index in [9.17, 15) is 9.59 Å². The summed E-state index contributed by atoms with van der Waals surface area (Å²) in [5, 5.41) is 2.90. The molecule has 1 atom stereocenters. The van der Waals surface area contributed by atoms with Crippen molar-refractivity contribution >= 4 is 17.4 Å². The minimum atomic E-state index is -0.0971. The summed E-state index contributed by atoms with van der Waals surface area (Å²) in [6.45, 7) is 2.64. The topological polar surface area (TPSA) is 67.9 Å². The largest absolute Gasteiger partial charge is 0.497 e. The Morgan fingerprint density at radius 3 is 2.68 bits per heavy atom. The van der Waals surface area contributed by atoms with Gasteiger partial charge in [0.1, 0.15) is 11.5 Å². The van der Waals surface area contributed by atoms with Crippen LogP contribution in [0.2, 0.25) is 0 Å². The number of hydrogen-bond donors (Lipinski definition) is 1. The third kappa shape index (κ3) is 4.51. The predicted octanol–water partition coefficient (Wildman–Crippen LogP) is 3.68. The lowest BCUT2D eigenvalue weighted by atomic mass is 10.0. The van der Waals surface area contributed by atoms with Crippen LogP contribution in [0.25, 0.3) is 0 Å². The maximum atomic E-state index is 12.6. The highest BCUT2D eigenvalue weighted by Crippen LogP contribution is 2.38.